The summed E-state index contributed by atoms with van der Waals surface area (Å²) in [5, 5.41) is 0. The molecule has 1 aromatic carbocycles. The van der Waals surface area contributed by atoms with E-state index in [2.05, 4.69) is 6.92 Å². The van der Waals surface area contributed by atoms with Gasteiger partial charge in [-0.25, -0.2) is 0 Å². The molecule has 22 heavy (non-hydrogen) atoms. The molecule has 1 fully saturated rings. The van der Waals surface area contributed by atoms with E-state index in [1.54, 1.807) is 0 Å². The van der Waals surface area contributed by atoms with Crippen molar-refractivity contribution in [3.8, 4) is 5.75 Å². The first kappa shape index (κ1) is 16.8. The van der Waals surface area contributed by atoms with Gasteiger partial charge in [0.25, 0.3) is 5.91 Å². The molecule has 1 aliphatic heterocycles. The Hall–Kier alpha value is -1.55. The molecule has 1 aliphatic rings. The number of nitrogens with zero attached hydrogens (tertiary/aromatic N) is 1. The van der Waals surface area contributed by atoms with Crippen LogP contribution in [0.1, 0.15) is 49.9 Å². The molecule has 122 valence electrons. The molecule has 1 saturated heterocycles. The number of para-hydroxylation sites is 1. The summed E-state index contributed by atoms with van der Waals surface area (Å²) in [6.45, 7) is 7.01. The van der Waals surface area contributed by atoms with Crippen molar-refractivity contribution in [2.45, 2.75) is 45.6 Å². The number of amides is 1. The summed E-state index contributed by atoms with van der Waals surface area (Å²) in [7, 11) is 0. The summed E-state index contributed by atoms with van der Waals surface area (Å²) in [6, 6.07) is 7.52. The van der Waals surface area contributed by atoms with Crippen LogP contribution in [0.5, 0.6) is 5.75 Å². The third-order valence-electron chi connectivity index (χ3n) is 4.02. The van der Waals surface area contributed by atoms with Crippen LogP contribution in [0.3, 0.4) is 0 Å². The monoisotopic (exact) mass is 305 g/mol. The molecule has 0 aromatic heterocycles. The minimum atomic E-state index is 0.0545. The minimum absolute atomic E-state index is 0.0545. The zero-order valence-corrected chi connectivity index (χ0v) is 13.7. The average molecular weight is 305 g/mol. The standard InChI is InChI=1S/C18H27NO3/c1-3-5-12-19(4-2)18(20)16-10-6-7-11-17(16)22-14-15-9-8-13-21-15/h6-7,10-11,15H,3-5,8-9,12-14H2,1-2H3. The van der Waals surface area contributed by atoms with Gasteiger partial charge in [-0.05, 0) is 38.3 Å². The van der Waals surface area contributed by atoms with Gasteiger partial charge < -0.3 is 14.4 Å². The Morgan fingerprint density at radius 3 is 2.86 bits per heavy atom. The number of carbonyl (C=O) groups is 1. The Bertz CT molecular complexity index is 469. The van der Waals surface area contributed by atoms with Crippen molar-refractivity contribution in [3.63, 3.8) is 0 Å². The third-order valence-corrected chi connectivity index (χ3v) is 4.02. The lowest BCUT2D eigenvalue weighted by Crippen LogP contribution is -2.32. The molecule has 0 N–H and O–H groups in total. The Kier molecular flexibility index (Phi) is 6.72. The van der Waals surface area contributed by atoms with Crippen LogP contribution in [0.4, 0.5) is 0 Å². The third kappa shape index (κ3) is 4.47. The SMILES string of the molecule is CCCCN(CC)C(=O)c1ccccc1OCC1CCCO1. The Morgan fingerprint density at radius 2 is 2.18 bits per heavy atom. The lowest BCUT2D eigenvalue weighted by Gasteiger charge is -2.22. The number of hydrogen-bond acceptors (Lipinski definition) is 3. The number of ether oxygens (including phenoxy) is 2. The number of unbranched alkanes of at least 4 members (excludes halogenated alkanes) is 1. The lowest BCUT2D eigenvalue weighted by molar-refractivity contribution is 0.0652. The predicted octanol–water partition coefficient (Wildman–Crippen LogP) is 3.51. The van der Waals surface area contributed by atoms with Gasteiger partial charge in [0.2, 0.25) is 0 Å². The van der Waals surface area contributed by atoms with E-state index >= 15 is 0 Å². The van der Waals surface area contributed by atoms with E-state index in [0.29, 0.717) is 17.9 Å². The van der Waals surface area contributed by atoms with Crippen LogP contribution in [0.15, 0.2) is 24.3 Å². The first-order valence-corrected chi connectivity index (χ1v) is 8.39. The topological polar surface area (TPSA) is 38.8 Å². The van der Waals surface area contributed by atoms with Gasteiger partial charge in [-0.1, -0.05) is 25.5 Å². The molecule has 0 bridgehead atoms. The summed E-state index contributed by atoms with van der Waals surface area (Å²) >= 11 is 0. The highest BCUT2D eigenvalue weighted by molar-refractivity contribution is 5.96. The molecular weight excluding hydrogens is 278 g/mol. The molecule has 0 saturated carbocycles. The van der Waals surface area contributed by atoms with E-state index in [4.69, 9.17) is 9.47 Å². The van der Waals surface area contributed by atoms with Gasteiger partial charge in [-0.2, -0.15) is 0 Å². The summed E-state index contributed by atoms with van der Waals surface area (Å²) in [4.78, 5) is 14.6. The van der Waals surface area contributed by atoms with Gasteiger partial charge in [0.1, 0.15) is 12.4 Å². The van der Waals surface area contributed by atoms with Crippen molar-refractivity contribution in [1.82, 2.24) is 4.90 Å². The molecule has 0 spiro atoms. The van der Waals surface area contributed by atoms with Crippen molar-refractivity contribution in [2.75, 3.05) is 26.3 Å². The van der Waals surface area contributed by atoms with E-state index in [-0.39, 0.29) is 12.0 Å². The molecule has 1 unspecified atom stereocenters. The molecular formula is C18H27NO3. The van der Waals surface area contributed by atoms with E-state index in [1.807, 2.05) is 36.1 Å². The highest BCUT2D eigenvalue weighted by Crippen LogP contribution is 2.22. The predicted molar refractivity (Wildman–Crippen MR) is 87.4 cm³/mol. The fraction of sp³-hybridized carbons (Fsp3) is 0.611. The maximum absolute atomic E-state index is 12.7. The maximum atomic E-state index is 12.7. The van der Waals surface area contributed by atoms with Gasteiger partial charge in [0.05, 0.1) is 11.7 Å². The van der Waals surface area contributed by atoms with Gasteiger partial charge in [0, 0.05) is 19.7 Å². The normalized spacial score (nSPS) is 17.5. The highest BCUT2D eigenvalue weighted by Gasteiger charge is 2.20. The van der Waals surface area contributed by atoms with Crippen molar-refractivity contribution >= 4 is 5.91 Å². The molecule has 1 aromatic rings. The summed E-state index contributed by atoms with van der Waals surface area (Å²) in [5.41, 5.74) is 0.651. The van der Waals surface area contributed by atoms with Crippen LogP contribution in [-0.2, 0) is 4.74 Å². The molecule has 4 nitrogen and oxygen atoms in total. The fourth-order valence-electron chi connectivity index (χ4n) is 2.65. The van der Waals surface area contributed by atoms with E-state index < -0.39 is 0 Å². The molecule has 1 amide bonds. The Morgan fingerprint density at radius 1 is 1.36 bits per heavy atom. The number of rotatable bonds is 8. The summed E-state index contributed by atoms with van der Waals surface area (Å²) in [5.74, 6) is 0.719. The molecule has 0 radical (unpaired) electrons. The van der Waals surface area contributed by atoms with Crippen LogP contribution >= 0.6 is 0 Å². The van der Waals surface area contributed by atoms with Crippen molar-refractivity contribution in [3.05, 3.63) is 29.8 Å². The van der Waals surface area contributed by atoms with Crippen LogP contribution in [-0.4, -0.2) is 43.2 Å². The largest absolute Gasteiger partial charge is 0.490 e. The summed E-state index contributed by atoms with van der Waals surface area (Å²) < 4.78 is 11.4. The second-order valence-corrected chi connectivity index (χ2v) is 5.68. The van der Waals surface area contributed by atoms with Crippen LogP contribution in [0.25, 0.3) is 0 Å². The zero-order valence-electron chi connectivity index (χ0n) is 13.7. The minimum Gasteiger partial charge on any atom is -0.490 e. The highest BCUT2D eigenvalue weighted by atomic mass is 16.5. The Labute approximate surface area is 133 Å². The lowest BCUT2D eigenvalue weighted by atomic mass is 10.1. The molecule has 4 heteroatoms. The van der Waals surface area contributed by atoms with E-state index in [1.165, 1.54) is 0 Å². The molecule has 1 heterocycles. The molecule has 0 aliphatic carbocycles. The second kappa shape index (κ2) is 8.79. The van der Waals surface area contributed by atoms with E-state index in [9.17, 15) is 4.79 Å². The average Bonchev–Trinajstić information content (AvgIpc) is 3.07. The second-order valence-electron chi connectivity index (χ2n) is 5.68. The number of benzene rings is 1. The number of hydrogen-bond donors (Lipinski definition) is 0. The quantitative estimate of drug-likeness (QED) is 0.738. The van der Waals surface area contributed by atoms with Gasteiger partial charge in [0.15, 0.2) is 0 Å². The first-order valence-electron chi connectivity index (χ1n) is 8.39. The number of carbonyl (C=O) groups excluding carboxylic acids is 1. The maximum Gasteiger partial charge on any atom is 0.257 e. The van der Waals surface area contributed by atoms with Gasteiger partial charge in [-0.15, -0.1) is 0 Å². The van der Waals surface area contributed by atoms with Crippen molar-refractivity contribution in [2.24, 2.45) is 0 Å². The molecule has 1 atom stereocenters. The van der Waals surface area contributed by atoms with Gasteiger partial charge in [-0.3, -0.25) is 4.79 Å². The zero-order chi connectivity index (χ0) is 15.8. The van der Waals surface area contributed by atoms with Crippen LogP contribution in [0, 0.1) is 0 Å². The fourth-order valence-corrected chi connectivity index (χ4v) is 2.65. The van der Waals surface area contributed by atoms with Crippen LogP contribution < -0.4 is 4.74 Å². The van der Waals surface area contributed by atoms with Crippen molar-refractivity contribution < 1.29 is 14.3 Å². The smallest absolute Gasteiger partial charge is 0.257 e. The van der Waals surface area contributed by atoms with Gasteiger partial charge >= 0.3 is 0 Å². The first-order chi connectivity index (χ1) is 10.8. The van der Waals surface area contributed by atoms with Crippen molar-refractivity contribution in [1.29, 1.82) is 0 Å². The van der Waals surface area contributed by atoms with Crippen LogP contribution in [0.2, 0.25) is 0 Å². The van der Waals surface area contributed by atoms with E-state index in [0.717, 1.165) is 45.4 Å². The summed E-state index contributed by atoms with van der Waals surface area (Å²) in [6.07, 6.45) is 4.40. The Balaban J connectivity index is 2.03. The molecule has 2 rings (SSSR count).